The van der Waals surface area contributed by atoms with Gasteiger partial charge < -0.3 is 10.2 Å². The van der Waals surface area contributed by atoms with Gasteiger partial charge in [-0.3, -0.25) is 9.89 Å². The van der Waals surface area contributed by atoms with Gasteiger partial charge in [0, 0.05) is 19.3 Å². The van der Waals surface area contributed by atoms with E-state index >= 15 is 0 Å². The summed E-state index contributed by atoms with van der Waals surface area (Å²) in [4.78, 5) is 14.2. The molecule has 1 saturated heterocycles. The zero-order valence-corrected chi connectivity index (χ0v) is 11.0. The molecule has 5 heteroatoms. The molecule has 18 heavy (non-hydrogen) atoms. The molecule has 100 valence electrons. The summed E-state index contributed by atoms with van der Waals surface area (Å²) >= 11 is 0. The number of amides is 1. The summed E-state index contributed by atoms with van der Waals surface area (Å²) in [7, 11) is 0. The van der Waals surface area contributed by atoms with E-state index in [1.165, 1.54) is 32.4 Å². The molecular formula is C13H22N4O. The van der Waals surface area contributed by atoms with Crippen molar-refractivity contribution in [3.63, 3.8) is 0 Å². The van der Waals surface area contributed by atoms with Gasteiger partial charge in [-0.1, -0.05) is 13.3 Å². The van der Waals surface area contributed by atoms with Crippen molar-refractivity contribution in [2.45, 2.75) is 26.2 Å². The van der Waals surface area contributed by atoms with Crippen molar-refractivity contribution in [1.29, 1.82) is 0 Å². The van der Waals surface area contributed by atoms with E-state index in [-0.39, 0.29) is 5.91 Å². The van der Waals surface area contributed by atoms with Crippen LogP contribution in [-0.4, -0.2) is 47.2 Å². The molecule has 1 amide bonds. The Labute approximate surface area is 108 Å². The van der Waals surface area contributed by atoms with Crippen LogP contribution >= 0.6 is 0 Å². The number of rotatable bonds is 5. The summed E-state index contributed by atoms with van der Waals surface area (Å²) in [5.74, 6) is 0.438. The monoisotopic (exact) mass is 250 g/mol. The van der Waals surface area contributed by atoms with E-state index < -0.39 is 0 Å². The normalized spacial score (nSPS) is 18.5. The minimum absolute atomic E-state index is 0.0470. The largest absolute Gasteiger partial charge is 0.352 e. The van der Waals surface area contributed by atoms with Gasteiger partial charge in [-0.25, -0.2) is 0 Å². The van der Waals surface area contributed by atoms with E-state index in [0.29, 0.717) is 11.5 Å². The first kappa shape index (κ1) is 13.1. The van der Waals surface area contributed by atoms with E-state index in [2.05, 4.69) is 27.3 Å². The third-order valence-corrected chi connectivity index (χ3v) is 3.39. The molecule has 1 aromatic heterocycles. The Morgan fingerprint density at radius 1 is 1.50 bits per heavy atom. The van der Waals surface area contributed by atoms with Crippen molar-refractivity contribution in [2.24, 2.45) is 5.92 Å². The van der Waals surface area contributed by atoms with Crippen LogP contribution < -0.4 is 5.32 Å². The van der Waals surface area contributed by atoms with Crippen LogP contribution in [0.25, 0.3) is 0 Å². The second kappa shape index (κ2) is 6.54. The van der Waals surface area contributed by atoms with Crippen molar-refractivity contribution < 1.29 is 4.79 Å². The smallest absolute Gasteiger partial charge is 0.254 e. The lowest BCUT2D eigenvalue weighted by Crippen LogP contribution is -2.38. The SMILES string of the molecule is CC(CNC(=O)c1cn[nH]c1)CN1CCCCC1. The standard InChI is InChI=1S/C13H22N4O/c1-11(10-17-5-3-2-4-6-17)7-14-13(18)12-8-15-16-9-12/h8-9,11H,2-7,10H2,1H3,(H,14,18)(H,15,16). The van der Waals surface area contributed by atoms with Crippen LogP contribution in [0.5, 0.6) is 0 Å². The minimum atomic E-state index is -0.0470. The third kappa shape index (κ3) is 3.84. The van der Waals surface area contributed by atoms with Crippen molar-refractivity contribution in [3.8, 4) is 0 Å². The quantitative estimate of drug-likeness (QED) is 0.827. The zero-order chi connectivity index (χ0) is 12.8. The number of nitrogens with zero attached hydrogens (tertiary/aromatic N) is 2. The molecular weight excluding hydrogens is 228 g/mol. The molecule has 1 fully saturated rings. The van der Waals surface area contributed by atoms with Crippen molar-refractivity contribution in [3.05, 3.63) is 18.0 Å². The Morgan fingerprint density at radius 2 is 2.28 bits per heavy atom. The molecule has 1 aromatic rings. The van der Waals surface area contributed by atoms with E-state index in [1.54, 1.807) is 12.4 Å². The third-order valence-electron chi connectivity index (χ3n) is 3.39. The lowest BCUT2D eigenvalue weighted by molar-refractivity contribution is 0.0942. The number of aromatic amines is 1. The molecule has 5 nitrogen and oxygen atoms in total. The predicted octanol–water partition coefficient (Wildman–Crippen LogP) is 1.26. The molecule has 0 spiro atoms. The highest BCUT2D eigenvalue weighted by molar-refractivity contribution is 5.93. The van der Waals surface area contributed by atoms with Crippen molar-refractivity contribution in [2.75, 3.05) is 26.2 Å². The van der Waals surface area contributed by atoms with Gasteiger partial charge in [0.15, 0.2) is 0 Å². The van der Waals surface area contributed by atoms with Gasteiger partial charge in [0.05, 0.1) is 11.8 Å². The Morgan fingerprint density at radius 3 is 2.94 bits per heavy atom. The summed E-state index contributed by atoms with van der Waals surface area (Å²) in [5.41, 5.74) is 0.597. The highest BCUT2D eigenvalue weighted by Crippen LogP contribution is 2.10. The number of piperidine rings is 1. The predicted molar refractivity (Wildman–Crippen MR) is 70.4 cm³/mol. The molecule has 0 saturated carbocycles. The fraction of sp³-hybridized carbons (Fsp3) is 0.692. The van der Waals surface area contributed by atoms with Gasteiger partial charge in [-0.15, -0.1) is 0 Å². The first-order chi connectivity index (χ1) is 8.75. The maximum atomic E-state index is 11.7. The van der Waals surface area contributed by atoms with Gasteiger partial charge in [0.1, 0.15) is 0 Å². The average Bonchev–Trinajstić information content (AvgIpc) is 2.91. The molecule has 1 aliphatic heterocycles. The summed E-state index contributed by atoms with van der Waals surface area (Å²) in [6.45, 7) is 6.40. The first-order valence-corrected chi connectivity index (χ1v) is 6.75. The lowest BCUT2D eigenvalue weighted by atomic mass is 10.1. The minimum Gasteiger partial charge on any atom is -0.352 e. The number of carbonyl (C=O) groups excluding carboxylic acids is 1. The maximum Gasteiger partial charge on any atom is 0.254 e. The molecule has 1 unspecified atom stereocenters. The molecule has 0 aromatic carbocycles. The van der Waals surface area contributed by atoms with Crippen molar-refractivity contribution in [1.82, 2.24) is 20.4 Å². The Kier molecular flexibility index (Phi) is 4.75. The second-order valence-corrected chi connectivity index (χ2v) is 5.16. The van der Waals surface area contributed by atoms with E-state index in [0.717, 1.165) is 13.1 Å². The summed E-state index contributed by atoms with van der Waals surface area (Å²) in [5, 5.41) is 9.36. The number of H-pyrrole nitrogens is 1. The van der Waals surface area contributed by atoms with Crippen molar-refractivity contribution >= 4 is 5.91 Å². The fourth-order valence-electron chi connectivity index (χ4n) is 2.39. The topological polar surface area (TPSA) is 61.0 Å². The molecule has 1 atom stereocenters. The van der Waals surface area contributed by atoms with E-state index in [1.807, 2.05) is 0 Å². The molecule has 1 aliphatic rings. The van der Waals surface area contributed by atoms with Crippen LogP contribution in [-0.2, 0) is 0 Å². The molecule has 0 radical (unpaired) electrons. The number of likely N-dealkylation sites (tertiary alicyclic amines) is 1. The Hall–Kier alpha value is -1.36. The molecule has 0 bridgehead atoms. The first-order valence-electron chi connectivity index (χ1n) is 6.75. The molecule has 0 aliphatic carbocycles. The van der Waals surface area contributed by atoms with Crippen LogP contribution in [0.2, 0.25) is 0 Å². The van der Waals surface area contributed by atoms with Crippen LogP contribution in [0.3, 0.4) is 0 Å². The molecule has 2 rings (SSSR count). The van der Waals surface area contributed by atoms with Gasteiger partial charge in [0.2, 0.25) is 0 Å². The van der Waals surface area contributed by atoms with E-state index in [4.69, 9.17) is 0 Å². The average molecular weight is 250 g/mol. The van der Waals surface area contributed by atoms with E-state index in [9.17, 15) is 4.79 Å². The summed E-state index contributed by atoms with van der Waals surface area (Å²) in [6.07, 6.45) is 7.15. The Bertz CT molecular complexity index is 357. The van der Waals surface area contributed by atoms with Gasteiger partial charge in [-0.05, 0) is 31.8 Å². The fourth-order valence-corrected chi connectivity index (χ4v) is 2.39. The number of carbonyl (C=O) groups is 1. The number of hydrogen-bond donors (Lipinski definition) is 2. The van der Waals surface area contributed by atoms with Gasteiger partial charge in [-0.2, -0.15) is 5.10 Å². The number of hydrogen-bond acceptors (Lipinski definition) is 3. The molecule has 2 heterocycles. The molecule has 2 N–H and O–H groups in total. The highest BCUT2D eigenvalue weighted by Gasteiger charge is 2.14. The second-order valence-electron chi connectivity index (χ2n) is 5.16. The van der Waals surface area contributed by atoms with Crippen LogP contribution in [0.1, 0.15) is 36.5 Å². The van der Waals surface area contributed by atoms with Crippen LogP contribution in [0.4, 0.5) is 0 Å². The maximum absolute atomic E-state index is 11.7. The van der Waals surface area contributed by atoms with Gasteiger partial charge >= 0.3 is 0 Å². The summed E-state index contributed by atoms with van der Waals surface area (Å²) in [6, 6.07) is 0. The lowest BCUT2D eigenvalue weighted by Gasteiger charge is -2.29. The van der Waals surface area contributed by atoms with Gasteiger partial charge in [0.25, 0.3) is 5.91 Å². The van der Waals surface area contributed by atoms with Crippen LogP contribution in [0, 0.1) is 5.92 Å². The Balaban J connectivity index is 1.68. The summed E-state index contributed by atoms with van der Waals surface area (Å²) < 4.78 is 0. The van der Waals surface area contributed by atoms with Crippen LogP contribution in [0.15, 0.2) is 12.4 Å². The number of nitrogens with one attached hydrogen (secondary N) is 2. The highest BCUT2D eigenvalue weighted by atomic mass is 16.1. The number of aromatic nitrogens is 2. The zero-order valence-electron chi connectivity index (χ0n) is 11.0.